The number of carbonyl (C=O) groups excluding carboxylic acids is 1. The second kappa shape index (κ2) is 6.93. The summed E-state index contributed by atoms with van der Waals surface area (Å²) in [6, 6.07) is 0. The van der Waals surface area contributed by atoms with Gasteiger partial charge in [0.25, 0.3) is 5.56 Å². The summed E-state index contributed by atoms with van der Waals surface area (Å²) in [5, 5.41) is 12.3. The molecule has 1 fully saturated rings. The predicted molar refractivity (Wildman–Crippen MR) is 96.1 cm³/mol. The van der Waals surface area contributed by atoms with Gasteiger partial charge in [0.1, 0.15) is 0 Å². The fraction of sp³-hybridized carbons (Fsp3) is 0.556. The molecule has 140 valence electrons. The van der Waals surface area contributed by atoms with E-state index in [9.17, 15) is 14.4 Å². The molecule has 0 atom stereocenters. The Balaban J connectivity index is 1.72. The number of carboxylic acids is 1. The van der Waals surface area contributed by atoms with Crippen LogP contribution in [0.5, 0.6) is 0 Å². The van der Waals surface area contributed by atoms with Crippen molar-refractivity contribution in [1.29, 1.82) is 0 Å². The number of amides is 1. The van der Waals surface area contributed by atoms with Crippen molar-refractivity contribution in [2.24, 2.45) is 13.0 Å². The number of hydrogen-bond donors (Lipinski definition) is 2. The van der Waals surface area contributed by atoms with E-state index < -0.39 is 5.97 Å². The van der Waals surface area contributed by atoms with Crippen LogP contribution in [0.25, 0.3) is 11.0 Å². The topological polar surface area (TPSA) is 108 Å². The molecule has 8 nitrogen and oxygen atoms in total. The highest BCUT2D eigenvalue weighted by molar-refractivity contribution is 5.81. The normalized spacial score (nSPS) is 15.6. The summed E-state index contributed by atoms with van der Waals surface area (Å²) in [5.74, 6) is -1.11. The monoisotopic (exact) mass is 360 g/mol. The van der Waals surface area contributed by atoms with Gasteiger partial charge in [-0.1, -0.05) is 0 Å². The van der Waals surface area contributed by atoms with Gasteiger partial charge in [-0.05, 0) is 44.2 Å². The van der Waals surface area contributed by atoms with E-state index in [-0.39, 0.29) is 17.4 Å². The van der Waals surface area contributed by atoms with Crippen LogP contribution in [0.4, 0.5) is 0 Å². The lowest BCUT2D eigenvalue weighted by Crippen LogP contribution is -2.40. The minimum atomic E-state index is -0.782. The van der Waals surface area contributed by atoms with Crippen molar-refractivity contribution in [2.45, 2.75) is 39.5 Å². The first-order valence-corrected chi connectivity index (χ1v) is 8.85. The number of aromatic nitrogens is 3. The zero-order chi connectivity index (χ0) is 19.0. The number of carbonyl (C=O) groups is 2. The van der Waals surface area contributed by atoms with Crippen LogP contribution >= 0.6 is 0 Å². The average Bonchev–Trinajstić information content (AvgIpc) is 2.88. The minimum absolute atomic E-state index is 0.0229. The molecule has 0 bridgehead atoms. The third kappa shape index (κ3) is 3.23. The number of nitrogens with one attached hydrogen (secondary N) is 1. The van der Waals surface area contributed by atoms with Crippen molar-refractivity contribution in [2.75, 3.05) is 13.1 Å². The number of H-pyrrole nitrogens is 1. The molecule has 0 saturated carbocycles. The summed E-state index contributed by atoms with van der Waals surface area (Å²) in [6.45, 7) is 4.76. The van der Waals surface area contributed by atoms with Crippen molar-refractivity contribution in [3.05, 3.63) is 27.2 Å². The smallest absolute Gasteiger partial charge is 0.306 e. The first-order chi connectivity index (χ1) is 12.3. The van der Waals surface area contributed by atoms with Crippen molar-refractivity contribution in [3.8, 4) is 0 Å². The lowest BCUT2D eigenvalue weighted by molar-refractivity contribution is -0.145. The Morgan fingerprint density at radius 3 is 2.54 bits per heavy atom. The van der Waals surface area contributed by atoms with E-state index in [1.165, 1.54) is 0 Å². The summed E-state index contributed by atoms with van der Waals surface area (Å²) < 4.78 is 1.61. The molecule has 0 radical (unpaired) electrons. The molecule has 1 amide bonds. The standard InChI is InChI=1S/C18H24N4O4/c1-10-13(11(2)19-16-15(10)17(24)20-21(16)3)4-5-14(23)22-8-6-12(7-9-22)18(25)26/h12H,4-9H2,1-3H3,(H,20,24)(H,25,26). The number of nitrogens with zero attached hydrogens (tertiary/aromatic N) is 3. The molecule has 0 spiro atoms. The highest BCUT2D eigenvalue weighted by atomic mass is 16.4. The van der Waals surface area contributed by atoms with Crippen LogP contribution in [0.3, 0.4) is 0 Å². The Morgan fingerprint density at radius 2 is 1.92 bits per heavy atom. The molecule has 3 heterocycles. The highest BCUT2D eigenvalue weighted by Crippen LogP contribution is 2.22. The number of fused-ring (bicyclic) bond motifs is 1. The molecule has 1 saturated heterocycles. The van der Waals surface area contributed by atoms with Crippen molar-refractivity contribution in [3.63, 3.8) is 0 Å². The first kappa shape index (κ1) is 18.2. The summed E-state index contributed by atoms with van der Waals surface area (Å²) in [5.41, 5.74) is 3.07. The first-order valence-electron chi connectivity index (χ1n) is 8.85. The van der Waals surface area contributed by atoms with Crippen LogP contribution in [0.15, 0.2) is 4.79 Å². The highest BCUT2D eigenvalue weighted by Gasteiger charge is 2.27. The van der Waals surface area contributed by atoms with Crippen molar-refractivity contribution in [1.82, 2.24) is 19.7 Å². The van der Waals surface area contributed by atoms with Gasteiger partial charge in [-0.25, -0.2) is 4.98 Å². The summed E-state index contributed by atoms with van der Waals surface area (Å²) in [6.07, 6.45) is 1.86. The van der Waals surface area contributed by atoms with E-state index in [4.69, 9.17) is 5.11 Å². The van der Waals surface area contributed by atoms with Gasteiger partial charge < -0.3 is 10.0 Å². The van der Waals surface area contributed by atoms with Crippen LogP contribution < -0.4 is 5.56 Å². The number of aryl methyl sites for hydroxylation is 3. The summed E-state index contributed by atoms with van der Waals surface area (Å²) in [4.78, 5) is 41.9. The number of likely N-dealkylation sites (tertiary alicyclic amines) is 1. The molecule has 2 aromatic heterocycles. The lowest BCUT2D eigenvalue weighted by atomic mass is 9.96. The minimum Gasteiger partial charge on any atom is -0.481 e. The Morgan fingerprint density at radius 1 is 1.27 bits per heavy atom. The zero-order valence-corrected chi connectivity index (χ0v) is 15.3. The average molecular weight is 360 g/mol. The molecule has 0 aromatic carbocycles. The van der Waals surface area contributed by atoms with Crippen molar-refractivity contribution < 1.29 is 14.7 Å². The van der Waals surface area contributed by atoms with E-state index in [2.05, 4.69) is 10.1 Å². The number of rotatable bonds is 4. The van der Waals surface area contributed by atoms with Gasteiger partial charge in [0.05, 0.1) is 11.3 Å². The van der Waals surface area contributed by atoms with Gasteiger partial charge in [-0.3, -0.25) is 24.2 Å². The van der Waals surface area contributed by atoms with Gasteiger partial charge >= 0.3 is 5.97 Å². The van der Waals surface area contributed by atoms with E-state index in [0.29, 0.717) is 49.8 Å². The Labute approximate surface area is 150 Å². The van der Waals surface area contributed by atoms with Gasteiger partial charge in [0.15, 0.2) is 5.65 Å². The van der Waals surface area contributed by atoms with Gasteiger partial charge in [-0.2, -0.15) is 0 Å². The fourth-order valence-corrected chi connectivity index (χ4v) is 3.78. The van der Waals surface area contributed by atoms with Crippen LogP contribution in [0.2, 0.25) is 0 Å². The molecule has 3 rings (SSSR count). The van der Waals surface area contributed by atoms with Gasteiger partial charge in [0, 0.05) is 32.3 Å². The van der Waals surface area contributed by atoms with Crippen molar-refractivity contribution >= 4 is 22.9 Å². The van der Waals surface area contributed by atoms with Crippen LogP contribution in [-0.4, -0.2) is 49.7 Å². The Hall–Kier alpha value is -2.64. The number of aliphatic carboxylic acids is 1. The van der Waals surface area contributed by atoms with Gasteiger partial charge in [-0.15, -0.1) is 0 Å². The molecule has 8 heteroatoms. The van der Waals surface area contributed by atoms with E-state index in [0.717, 1.165) is 16.8 Å². The number of hydrogen-bond acceptors (Lipinski definition) is 4. The quantitative estimate of drug-likeness (QED) is 0.850. The maximum absolute atomic E-state index is 12.5. The molecule has 0 unspecified atom stereocenters. The third-order valence-corrected chi connectivity index (χ3v) is 5.36. The fourth-order valence-electron chi connectivity index (χ4n) is 3.78. The molecule has 2 aromatic rings. The van der Waals surface area contributed by atoms with E-state index in [1.807, 2.05) is 13.8 Å². The van der Waals surface area contributed by atoms with Crippen LogP contribution in [0.1, 0.15) is 36.1 Å². The Kier molecular flexibility index (Phi) is 4.84. The van der Waals surface area contributed by atoms with Crippen LogP contribution in [0, 0.1) is 19.8 Å². The second-order valence-electron chi connectivity index (χ2n) is 6.99. The Bertz CT molecular complexity index is 919. The predicted octanol–water partition coefficient (Wildman–Crippen LogP) is 1.13. The number of piperidine rings is 1. The molecule has 26 heavy (non-hydrogen) atoms. The molecule has 1 aliphatic heterocycles. The van der Waals surface area contributed by atoms with Crippen LogP contribution in [-0.2, 0) is 23.1 Å². The molecule has 1 aliphatic rings. The maximum atomic E-state index is 12.5. The second-order valence-corrected chi connectivity index (χ2v) is 6.99. The number of carboxylic acid groups (broad SMARTS) is 1. The number of aromatic amines is 1. The largest absolute Gasteiger partial charge is 0.481 e. The molecule has 2 N–H and O–H groups in total. The third-order valence-electron chi connectivity index (χ3n) is 5.36. The maximum Gasteiger partial charge on any atom is 0.306 e. The lowest BCUT2D eigenvalue weighted by Gasteiger charge is -2.30. The molecular formula is C18H24N4O4. The molecule has 0 aliphatic carbocycles. The molecular weight excluding hydrogens is 336 g/mol. The van der Waals surface area contributed by atoms with E-state index in [1.54, 1.807) is 16.6 Å². The zero-order valence-electron chi connectivity index (χ0n) is 15.3. The van der Waals surface area contributed by atoms with E-state index >= 15 is 0 Å². The van der Waals surface area contributed by atoms with Gasteiger partial charge in [0.2, 0.25) is 5.91 Å². The summed E-state index contributed by atoms with van der Waals surface area (Å²) in [7, 11) is 1.75. The summed E-state index contributed by atoms with van der Waals surface area (Å²) >= 11 is 0. The SMILES string of the molecule is Cc1nc2c(c(C)c1CCC(=O)N1CCC(C(=O)O)CC1)c(=O)[nH]n2C. The number of pyridine rings is 1.